The molecule has 1 amide bonds. The van der Waals surface area contributed by atoms with Crippen LogP contribution in [0, 0.1) is 0 Å². The second-order valence-corrected chi connectivity index (χ2v) is 8.62. The first-order valence-corrected chi connectivity index (χ1v) is 11.3. The van der Waals surface area contributed by atoms with Gasteiger partial charge in [0.1, 0.15) is 5.75 Å². The molecule has 3 aromatic rings. The average Bonchev–Trinajstić information content (AvgIpc) is 3.09. The number of thioether (sulfide) groups is 1. The van der Waals surface area contributed by atoms with Crippen molar-refractivity contribution < 1.29 is 19.4 Å². The summed E-state index contributed by atoms with van der Waals surface area (Å²) in [6.45, 7) is -0.427. The Morgan fingerprint density at radius 2 is 1.67 bits per heavy atom. The Labute approximate surface area is 204 Å². The van der Waals surface area contributed by atoms with Crippen molar-refractivity contribution in [1.29, 1.82) is 0 Å². The summed E-state index contributed by atoms with van der Waals surface area (Å²) in [4.78, 5) is 30.6. The summed E-state index contributed by atoms with van der Waals surface area (Å²) in [6.07, 6.45) is 1.73. The van der Waals surface area contributed by atoms with E-state index in [2.05, 4.69) is 4.99 Å². The number of para-hydroxylation sites is 2. The summed E-state index contributed by atoms with van der Waals surface area (Å²) in [5, 5.41) is 10.0. The van der Waals surface area contributed by atoms with E-state index in [-0.39, 0.29) is 5.91 Å². The number of carbonyl (C=O) groups is 2. The third kappa shape index (κ3) is 5.39. The van der Waals surface area contributed by atoms with E-state index in [1.165, 1.54) is 16.7 Å². The van der Waals surface area contributed by atoms with Gasteiger partial charge in [-0.1, -0.05) is 59.6 Å². The molecule has 0 aliphatic carbocycles. The monoisotopic (exact) mass is 498 g/mol. The maximum atomic E-state index is 13.4. The molecule has 4 rings (SSSR count). The van der Waals surface area contributed by atoms with Crippen LogP contribution in [0.25, 0.3) is 6.08 Å². The van der Waals surface area contributed by atoms with Gasteiger partial charge in [0.2, 0.25) is 0 Å². The molecule has 0 atom stereocenters. The summed E-state index contributed by atoms with van der Waals surface area (Å²) in [7, 11) is 0. The fourth-order valence-corrected chi connectivity index (χ4v) is 4.38. The third-order valence-corrected chi connectivity index (χ3v) is 6.12. The van der Waals surface area contributed by atoms with E-state index in [0.717, 1.165) is 5.56 Å². The number of aliphatic carboxylic acids is 1. The topological polar surface area (TPSA) is 79.2 Å². The molecule has 0 saturated carbocycles. The molecule has 0 spiro atoms. The molecule has 9 heteroatoms. The molecule has 1 aliphatic heterocycles. The first-order chi connectivity index (χ1) is 15.9. The zero-order chi connectivity index (χ0) is 23.4. The Balaban J connectivity index is 1.69. The lowest BCUT2D eigenvalue weighted by Crippen LogP contribution is -2.29. The van der Waals surface area contributed by atoms with E-state index in [0.29, 0.717) is 37.2 Å². The molecule has 1 saturated heterocycles. The van der Waals surface area contributed by atoms with Crippen molar-refractivity contribution in [2.75, 3.05) is 11.5 Å². The van der Waals surface area contributed by atoms with Gasteiger partial charge in [-0.15, -0.1) is 0 Å². The summed E-state index contributed by atoms with van der Waals surface area (Å²) >= 11 is 13.9. The summed E-state index contributed by atoms with van der Waals surface area (Å²) in [6, 6.07) is 20.9. The smallest absolute Gasteiger partial charge is 0.341 e. The van der Waals surface area contributed by atoms with Crippen molar-refractivity contribution in [3.63, 3.8) is 0 Å². The number of hydrogen-bond donors (Lipinski definition) is 1. The molecule has 1 N–H and O–H groups in total. The molecule has 0 radical (unpaired) electrons. The van der Waals surface area contributed by atoms with Crippen LogP contribution in [0.2, 0.25) is 10.0 Å². The second-order valence-electron chi connectivity index (χ2n) is 6.80. The van der Waals surface area contributed by atoms with E-state index < -0.39 is 12.6 Å². The number of halogens is 2. The number of carbonyl (C=O) groups excluding carboxylic acids is 1. The van der Waals surface area contributed by atoms with E-state index in [1.54, 1.807) is 72.8 Å². The highest BCUT2D eigenvalue weighted by Crippen LogP contribution is 2.40. The predicted octanol–water partition coefficient (Wildman–Crippen LogP) is 6.27. The molecule has 3 aromatic carbocycles. The number of carboxylic acids is 1. The Hall–Kier alpha value is -3.26. The van der Waals surface area contributed by atoms with Crippen molar-refractivity contribution in [2.24, 2.45) is 4.99 Å². The highest BCUT2D eigenvalue weighted by atomic mass is 35.5. The van der Waals surface area contributed by atoms with Gasteiger partial charge in [-0.25, -0.2) is 9.79 Å². The summed E-state index contributed by atoms with van der Waals surface area (Å²) in [5.41, 5.74) is 1.79. The number of benzene rings is 3. The van der Waals surface area contributed by atoms with Crippen LogP contribution < -0.4 is 9.64 Å². The molecule has 33 heavy (non-hydrogen) atoms. The van der Waals surface area contributed by atoms with E-state index in [9.17, 15) is 9.59 Å². The molecule has 6 nitrogen and oxygen atoms in total. The maximum absolute atomic E-state index is 13.4. The highest BCUT2D eigenvalue weighted by Gasteiger charge is 2.35. The minimum absolute atomic E-state index is 0.273. The zero-order valence-electron chi connectivity index (χ0n) is 16.9. The number of aliphatic imine (C=N–C) groups is 1. The molecule has 0 bridgehead atoms. The fraction of sp³-hybridized carbons (Fsp3) is 0.0417. The van der Waals surface area contributed by atoms with Crippen molar-refractivity contribution in [3.8, 4) is 5.75 Å². The van der Waals surface area contributed by atoms with E-state index in [1.807, 2.05) is 6.07 Å². The first kappa shape index (κ1) is 22.9. The average molecular weight is 499 g/mol. The van der Waals surface area contributed by atoms with Crippen LogP contribution in [0.3, 0.4) is 0 Å². The van der Waals surface area contributed by atoms with E-state index in [4.69, 9.17) is 33.0 Å². The molecular weight excluding hydrogens is 483 g/mol. The predicted molar refractivity (Wildman–Crippen MR) is 133 cm³/mol. The highest BCUT2D eigenvalue weighted by molar-refractivity contribution is 8.19. The van der Waals surface area contributed by atoms with E-state index >= 15 is 0 Å². The number of carboxylic acid groups (broad SMARTS) is 1. The molecule has 0 aromatic heterocycles. The van der Waals surface area contributed by atoms with Crippen LogP contribution >= 0.6 is 35.0 Å². The SMILES string of the molecule is O=C(O)COc1ccc(/C=C2/SC(=Nc3ccccc3Cl)N(c3ccccc3Cl)C2=O)cc1. The van der Waals surface area contributed by atoms with Crippen molar-refractivity contribution in [3.05, 3.63) is 93.3 Å². The summed E-state index contributed by atoms with van der Waals surface area (Å²) in [5.74, 6) is -0.909. The number of ether oxygens (including phenoxy) is 1. The van der Waals surface area contributed by atoms with Gasteiger partial charge >= 0.3 is 5.97 Å². The van der Waals surface area contributed by atoms with Crippen molar-refractivity contribution in [2.45, 2.75) is 0 Å². The number of nitrogens with zero attached hydrogens (tertiary/aromatic N) is 2. The van der Waals surface area contributed by atoms with Gasteiger partial charge in [-0.3, -0.25) is 9.69 Å². The maximum Gasteiger partial charge on any atom is 0.341 e. The van der Waals surface area contributed by atoms with Crippen LogP contribution in [-0.4, -0.2) is 28.8 Å². The minimum atomic E-state index is -1.06. The first-order valence-electron chi connectivity index (χ1n) is 9.69. The Morgan fingerprint density at radius 1 is 1.00 bits per heavy atom. The number of anilines is 1. The number of amidine groups is 1. The van der Waals surface area contributed by atoms with Gasteiger partial charge in [-0.2, -0.15) is 0 Å². The fourth-order valence-electron chi connectivity index (χ4n) is 3.00. The molecular formula is C24H16Cl2N2O4S. The quantitative estimate of drug-likeness (QED) is 0.405. The molecule has 1 aliphatic rings. The van der Waals surface area contributed by atoms with Gasteiger partial charge in [0.05, 0.1) is 26.3 Å². The lowest BCUT2D eigenvalue weighted by Gasteiger charge is -2.17. The second kappa shape index (κ2) is 10.1. The molecule has 166 valence electrons. The normalized spacial score (nSPS) is 15.9. The number of hydrogen-bond acceptors (Lipinski definition) is 5. The van der Waals surface area contributed by atoms with Gasteiger partial charge in [0.15, 0.2) is 11.8 Å². The van der Waals surface area contributed by atoms with Crippen LogP contribution in [0.5, 0.6) is 5.75 Å². The zero-order valence-corrected chi connectivity index (χ0v) is 19.3. The van der Waals surface area contributed by atoms with Gasteiger partial charge < -0.3 is 9.84 Å². The molecule has 1 heterocycles. The van der Waals surface area contributed by atoms with Crippen LogP contribution in [0.15, 0.2) is 82.7 Å². The van der Waals surface area contributed by atoms with Gasteiger partial charge in [0.25, 0.3) is 5.91 Å². The lowest BCUT2D eigenvalue weighted by atomic mass is 10.2. The standard InChI is InChI=1S/C24H16Cl2N2O4S/c25-17-5-1-3-7-19(17)27-24-28(20-8-4-2-6-18(20)26)23(31)21(33-24)13-15-9-11-16(12-10-15)32-14-22(29)30/h1-13H,14H2,(H,29,30)/b21-13+,27-24?. The number of amides is 1. The Bertz CT molecular complexity index is 1280. The van der Waals surface area contributed by atoms with Crippen LogP contribution in [0.1, 0.15) is 5.56 Å². The number of rotatable bonds is 6. The Morgan fingerprint density at radius 3 is 2.33 bits per heavy atom. The molecule has 0 unspecified atom stereocenters. The third-order valence-electron chi connectivity index (χ3n) is 4.51. The largest absolute Gasteiger partial charge is 0.482 e. The van der Waals surface area contributed by atoms with Crippen LogP contribution in [-0.2, 0) is 9.59 Å². The minimum Gasteiger partial charge on any atom is -0.482 e. The van der Waals surface area contributed by atoms with Gasteiger partial charge in [0, 0.05) is 0 Å². The molecule has 1 fully saturated rings. The van der Waals surface area contributed by atoms with Crippen molar-refractivity contribution in [1.82, 2.24) is 0 Å². The van der Waals surface area contributed by atoms with Gasteiger partial charge in [-0.05, 0) is 59.8 Å². The summed E-state index contributed by atoms with van der Waals surface area (Å²) < 4.78 is 5.15. The Kier molecular flexibility index (Phi) is 7.03. The van der Waals surface area contributed by atoms with Crippen molar-refractivity contribution >= 4 is 69.5 Å². The lowest BCUT2D eigenvalue weighted by molar-refractivity contribution is -0.139. The van der Waals surface area contributed by atoms with Crippen LogP contribution in [0.4, 0.5) is 11.4 Å².